The van der Waals surface area contributed by atoms with E-state index in [-0.39, 0.29) is 17.8 Å². The van der Waals surface area contributed by atoms with Gasteiger partial charge in [0.25, 0.3) is 0 Å². The number of carboxylic acids is 1. The largest absolute Gasteiger partial charge is 0.479 e. The number of amides is 1. The molecule has 0 saturated heterocycles. The Hall–Kier alpha value is -1.05. The summed E-state index contributed by atoms with van der Waals surface area (Å²) < 4.78 is 4.91. The Labute approximate surface area is 125 Å². The van der Waals surface area contributed by atoms with Crippen molar-refractivity contribution in [3.05, 3.63) is 21.9 Å². The third-order valence-electron chi connectivity index (χ3n) is 3.22. The molecule has 2 heterocycles. The van der Waals surface area contributed by atoms with Gasteiger partial charge in [0, 0.05) is 12.0 Å². The molecule has 1 aliphatic heterocycles. The number of fused-ring (bicyclic) bond motifs is 1. The highest BCUT2D eigenvalue weighted by Crippen LogP contribution is 2.39. The minimum absolute atomic E-state index is 0.0675. The molecular formula is C13H17NO4S2. The topological polar surface area (TPSA) is 75.6 Å². The molecule has 2 rings (SSSR count). The van der Waals surface area contributed by atoms with E-state index in [0.29, 0.717) is 0 Å². The van der Waals surface area contributed by atoms with E-state index in [4.69, 9.17) is 4.74 Å². The van der Waals surface area contributed by atoms with Gasteiger partial charge < -0.3 is 15.2 Å². The Bertz CT molecular complexity index is 516. The van der Waals surface area contributed by atoms with E-state index in [1.165, 1.54) is 18.9 Å². The van der Waals surface area contributed by atoms with Crippen LogP contribution >= 0.6 is 23.1 Å². The lowest BCUT2D eigenvalue weighted by Crippen LogP contribution is -2.56. The first-order valence-electron chi connectivity index (χ1n) is 6.20. The van der Waals surface area contributed by atoms with Gasteiger partial charge in [0.2, 0.25) is 5.91 Å². The average molecular weight is 315 g/mol. The van der Waals surface area contributed by atoms with Gasteiger partial charge in [0.15, 0.2) is 5.54 Å². The van der Waals surface area contributed by atoms with Gasteiger partial charge in [-0.25, -0.2) is 4.79 Å². The smallest absolute Gasteiger partial charge is 0.331 e. The lowest BCUT2D eigenvalue weighted by molar-refractivity contribution is -0.149. The standard InChI is InChI=1S/C13H17NO4S2/c1-13(7-18-2,12(16)17)14-11(15)10-8-3-5-19-9(8)4-6-20-10/h3,5,10H,4,6-7H2,1-2H3,(H,14,15)(H,16,17). The summed E-state index contributed by atoms with van der Waals surface area (Å²) in [7, 11) is 1.42. The summed E-state index contributed by atoms with van der Waals surface area (Å²) >= 11 is 3.20. The summed E-state index contributed by atoms with van der Waals surface area (Å²) in [5.41, 5.74) is -0.395. The summed E-state index contributed by atoms with van der Waals surface area (Å²) in [6, 6.07) is 1.95. The fraction of sp³-hybridized carbons (Fsp3) is 0.538. The molecule has 110 valence electrons. The van der Waals surface area contributed by atoms with Crippen LogP contribution in [0.3, 0.4) is 0 Å². The van der Waals surface area contributed by atoms with E-state index in [0.717, 1.165) is 17.7 Å². The molecule has 1 aromatic rings. The van der Waals surface area contributed by atoms with Crippen LogP contribution in [0.4, 0.5) is 0 Å². The van der Waals surface area contributed by atoms with E-state index in [9.17, 15) is 14.7 Å². The number of hydrogen-bond acceptors (Lipinski definition) is 5. The molecule has 1 aliphatic rings. The van der Waals surface area contributed by atoms with Crippen molar-refractivity contribution in [2.45, 2.75) is 24.1 Å². The van der Waals surface area contributed by atoms with E-state index in [2.05, 4.69) is 5.32 Å². The zero-order valence-electron chi connectivity index (χ0n) is 11.3. The van der Waals surface area contributed by atoms with Gasteiger partial charge in [-0.2, -0.15) is 0 Å². The SMILES string of the molecule is COCC(C)(NC(=O)C1SCCc2sccc21)C(=O)O. The van der Waals surface area contributed by atoms with Crippen molar-refractivity contribution in [1.29, 1.82) is 0 Å². The van der Waals surface area contributed by atoms with Gasteiger partial charge in [0.05, 0.1) is 6.61 Å². The van der Waals surface area contributed by atoms with Crippen LogP contribution < -0.4 is 5.32 Å². The van der Waals surface area contributed by atoms with Crippen molar-refractivity contribution in [3.63, 3.8) is 0 Å². The van der Waals surface area contributed by atoms with Crippen LogP contribution in [0.5, 0.6) is 0 Å². The third kappa shape index (κ3) is 2.99. The molecule has 7 heteroatoms. The molecule has 0 fully saturated rings. The number of ether oxygens (including phenoxy) is 1. The number of hydrogen-bond donors (Lipinski definition) is 2. The zero-order chi connectivity index (χ0) is 14.8. The number of rotatable bonds is 5. The Morgan fingerprint density at radius 3 is 3.00 bits per heavy atom. The first kappa shape index (κ1) is 15.3. The number of thioether (sulfide) groups is 1. The second-order valence-corrected chi connectivity index (χ2v) is 7.07. The van der Waals surface area contributed by atoms with Crippen LogP contribution in [-0.2, 0) is 20.7 Å². The fourth-order valence-electron chi connectivity index (χ4n) is 2.14. The molecule has 0 spiro atoms. The summed E-state index contributed by atoms with van der Waals surface area (Å²) in [4.78, 5) is 24.9. The maximum absolute atomic E-state index is 12.4. The van der Waals surface area contributed by atoms with Crippen molar-refractivity contribution in [2.24, 2.45) is 0 Å². The first-order valence-corrected chi connectivity index (χ1v) is 8.13. The highest BCUT2D eigenvalue weighted by atomic mass is 32.2. The van der Waals surface area contributed by atoms with Crippen LogP contribution in [0.15, 0.2) is 11.4 Å². The van der Waals surface area contributed by atoms with E-state index >= 15 is 0 Å². The second-order valence-electron chi connectivity index (χ2n) is 4.86. The molecule has 0 aromatic carbocycles. The van der Waals surface area contributed by atoms with Crippen molar-refractivity contribution in [3.8, 4) is 0 Å². The number of carbonyl (C=O) groups is 2. The van der Waals surface area contributed by atoms with Gasteiger partial charge in [0.1, 0.15) is 5.25 Å². The quantitative estimate of drug-likeness (QED) is 0.865. The van der Waals surface area contributed by atoms with Gasteiger partial charge >= 0.3 is 5.97 Å². The Morgan fingerprint density at radius 1 is 1.60 bits per heavy atom. The van der Waals surface area contributed by atoms with Crippen molar-refractivity contribution >= 4 is 35.0 Å². The molecular weight excluding hydrogens is 298 g/mol. The lowest BCUT2D eigenvalue weighted by Gasteiger charge is -2.29. The summed E-state index contributed by atoms with van der Waals surface area (Å²) in [6.07, 6.45) is 0.968. The second kappa shape index (κ2) is 6.15. The van der Waals surface area contributed by atoms with E-state index < -0.39 is 11.5 Å². The molecule has 2 atom stereocenters. The third-order valence-corrected chi connectivity index (χ3v) is 5.46. The number of carboxylic acid groups (broad SMARTS) is 1. The summed E-state index contributed by atoms with van der Waals surface area (Å²) in [5, 5.41) is 13.5. The Balaban J connectivity index is 2.15. The van der Waals surface area contributed by atoms with Gasteiger partial charge in [-0.3, -0.25) is 4.79 Å². The number of carbonyl (C=O) groups excluding carboxylic acids is 1. The van der Waals surface area contributed by atoms with Gasteiger partial charge in [-0.15, -0.1) is 23.1 Å². The molecule has 2 unspecified atom stereocenters. The molecule has 2 N–H and O–H groups in total. The molecule has 1 amide bonds. The predicted molar refractivity (Wildman–Crippen MR) is 79.3 cm³/mol. The number of aliphatic carboxylic acids is 1. The average Bonchev–Trinajstić information content (AvgIpc) is 2.86. The van der Waals surface area contributed by atoms with Crippen molar-refractivity contribution in [1.82, 2.24) is 5.32 Å². The Morgan fingerprint density at radius 2 is 2.35 bits per heavy atom. The maximum Gasteiger partial charge on any atom is 0.331 e. The zero-order valence-corrected chi connectivity index (χ0v) is 13.0. The van der Waals surface area contributed by atoms with Crippen LogP contribution in [0, 0.1) is 0 Å². The highest BCUT2D eigenvalue weighted by Gasteiger charge is 2.38. The normalized spacial score (nSPS) is 20.8. The molecule has 5 nitrogen and oxygen atoms in total. The predicted octanol–water partition coefficient (Wildman–Crippen LogP) is 1.68. The molecule has 0 saturated carbocycles. The van der Waals surface area contributed by atoms with Gasteiger partial charge in [-0.05, 0) is 36.1 Å². The number of nitrogens with one attached hydrogen (secondary N) is 1. The maximum atomic E-state index is 12.4. The number of methoxy groups -OCH3 is 1. The minimum Gasteiger partial charge on any atom is -0.479 e. The molecule has 0 bridgehead atoms. The van der Waals surface area contributed by atoms with Crippen molar-refractivity contribution in [2.75, 3.05) is 19.5 Å². The van der Waals surface area contributed by atoms with Crippen LogP contribution in [0.2, 0.25) is 0 Å². The lowest BCUT2D eigenvalue weighted by atomic mass is 10.0. The molecule has 0 aliphatic carbocycles. The minimum atomic E-state index is -1.40. The van der Waals surface area contributed by atoms with Crippen molar-refractivity contribution < 1.29 is 19.4 Å². The van der Waals surface area contributed by atoms with Crippen LogP contribution in [-0.4, -0.2) is 42.0 Å². The van der Waals surface area contributed by atoms with Gasteiger partial charge in [-0.1, -0.05) is 0 Å². The number of aryl methyl sites for hydroxylation is 1. The fourth-order valence-corrected chi connectivity index (χ4v) is 4.43. The highest BCUT2D eigenvalue weighted by molar-refractivity contribution is 8.00. The molecule has 20 heavy (non-hydrogen) atoms. The van der Waals surface area contributed by atoms with E-state index in [1.54, 1.807) is 23.1 Å². The summed E-state index contributed by atoms with van der Waals surface area (Å²) in [6.45, 7) is 1.39. The van der Waals surface area contributed by atoms with Crippen LogP contribution in [0.1, 0.15) is 22.6 Å². The first-order chi connectivity index (χ1) is 9.48. The van der Waals surface area contributed by atoms with E-state index in [1.807, 2.05) is 11.4 Å². The number of thiophene rings is 1. The molecule has 0 radical (unpaired) electrons. The Kier molecular flexibility index (Phi) is 4.72. The summed E-state index contributed by atoms with van der Waals surface area (Å²) in [5.74, 6) is -0.491. The molecule has 1 aromatic heterocycles. The monoisotopic (exact) mass is 315 g/mol. The van der Waals surface area contributed by atoms with Crippen LogP contribution in [0.25, 0.3) is 0 Å².